The Hall–Kier alpha value is -2.74. The highest BCUT2D eigenvalue weighted by Crippen LogP contribution is 2.33. The summed E-state index contributed by atoms with van der Waals surface area (Å²) in [4.78, 5) is 21.2. The molecule has 0 radical (unpaired) electrons. The van der Waals surface area contributed by atoms with Gasteiger partial charge in [-0.15, -0.1) is 0 Å². The van der Waals surface area contributed by atoms with Gasteiger partial charge in [-0.05, 0) is 56.1 Å². The highest BCUT2D eigenvalue weighted by atomic mass is 35.5. The predicted molar refractivity (Wildman–Crippen MR) is 162 cm³/mol. The van der Waals surface area contributed by atoms with Gasteiger partial charge in [0.25, 0.3) is 0 Å². The van der Waals surface area contributed by atoms with E-state index in [1.807, 2.05) is 42.5 Å². The van der Waals surface area contributed by atoms with Gasteiger partial charge < -0.3 is 19.1 Å². The van der Waals surface area contributed by atoms with Gasteiger partial charge in [0.05, 0.1) is 27.9 Å². The number of fused-ring (bicyclic) bond motifs is 1. The van der Waals surface area contributed by atoms with Crippen LogP contribution in [-0.4, -0.2) is 62.0 Å². The normalized spacial score (nSPS) is 13.9. The fourth-order valence-corrected chi connectivity index (χ4v) is 5.16. The van der Waals surface area contributed by atoms with E-state index in [9.17, 15) is 4.79 Å². The fourth-order valence-electron chi connectivity index (χ4n) is 4.75. The van der Waals surface area contributed by atoms with Gasteiger partial charge in [0, 0.05) is 50.1 Å². The van der Waals surface area contributed by atoms with E-state index in [2.05, 4.69) is 21.7 Å². The molecule has 40 heavy (non-hydrogen) atoms. The van der Waals surface area contributed by atoms with Gasteiger partial charge in [-0.3, -0.25) is 9.69 Å². The Morgan fingerprint density at radius 2 is 1.75 bits per heavy atom. The molecule has 4 rings (SSSR count). The lowest BCUT2D eigenvalue weighted by Gasteiger charge is -2.36. The predicted octanol–water partition coefficient (Wildman–Crippen LogP) is 7.37. The lowest BCUT2D eigenvalue weighted by Crippen LogP contribution is -2.46. The minimum absolute atomic E-state index is 0.134. The van der Waals surface area contributed by atoms with E-state index in [4.69, 9.17) is 37.4 Å². The molecule has 0 bridgehead atoms. The first-order chi connectivity index (χ1) is 19.5. The average Bonchev–Trinajstić information content (AvgIpc) is 2.97. The maximum atomic E-state index is 11.8. The number of benzene rings is 2. The van der Waals surface area contributed by atoms with Crippen LogP contribution in [-0.2, 0) is 9.53 Å². The number of pyridine rings is 1. The van der Waals surface area contributed by atoms with Crippen LogP contribution in [0.2, 0.25) is 10.0 Å². The molecule has 1 aliphatic rings. The molecule has 0 saturated carbocycles. The van der Waals surface area contributed by atoms with Crippen LogP contribution in [0, 0.1) is 0 Å². The van der Waals surface area contributed by atoms with Crippen molar-refractivity contribution in [2.75, 3.05) is 51.0 Å². The summed E-state index contributed by atoms with van der Waals surface area (Å²) in [6, 6.07) is 15.4. The fraction of sp³-hybridized carbons (Fsp3) is 0.484. The minimum atomic E-state index is -0.239. The monoisotopic (exact) mass is 587 g/mol. The summed E-state index contributed by atoms with van der Waals surface area (Å²) >= 11 is 12.6. The van der Waals surface area contributed by atoms with E-state index in [0.717, 1.165) is 93.6 Å². The molecule has 0 aliphatic carbocycles. The van der Waals surface area contributed by atoms with Crippen molar-refractivity contribution in [1.29, 1.82) is 0 Å². The van der Waals surface area contributed by atoms with Crippen molar-refractivity contribution in [3.05, 3.63) is 58.6 Å². The molecule has 9 heteroatoms. The lowest BCUT2D eigenvalue weighted by molar-refractivity contribution is -0.150. The molecule has 2 heterocycles. The van der Waals surface area contributed by atoms with E-state index in [1.54, 1.807) is 6.07 Å². The summed E-state index contributed by atoms with van der Waals surface area (Å²) < 4.78 is 16.7. The number of carbonyl (C=O) groups excluding carboxylic acids is 1. The number of nitrogens with zero attached hydrogens (tertiary/aromatic N) is 3. The number of piperazine rings is 1. The van der Waals surface area contributed by atoms with Gasteiger partial charge in [0.15, 0.2) is 0 Å². The third-order valence-electron chi connectivity index (χ3n) is 7.08. The molecule has 0 N–H and O–H groups in total. The number of anilines is 1. The molecule has 1 fully saturated rings. The number of rotatable bonds is 15. The van der Waals surface area contributed by atoms with E-state index < -0.39 is 0 Å². The summed E-state index contributed by atoms with van der Waals surface area (Å²) in [6.07, 6.45) is 6.63. The van der Waals surface area contributed by atoms with Gasteiger partial charge in [-0.1, -0.05) is 55.5 Å². The van der Waals surface area contributed by atoms with Crippen molar-refractivity contribution in [1.82, 2.24) is 9.88 Å². The van der Waals surface area contributed by atoms with E-state index in [-0.39, 0.29) is 12.8 Å². The highest BCUT2D eigenvalue weighted by molar-refractivity contribution is 6.43. The second-order valence-corrected chi connectivity index (χ2v) is 10.8. The highest BCUT2D eigenvalue weighted by Gasteiger charge is 2.19. The summed E-state index contributed by atoms with van der Waals surface area (Å²) in [5.41, 5.74) is 1.79. The number of aromatic nitrogens is 1. The maximum Gasteiger partial charge on any atom is 0.308 e. The molecule has 1 aliphatic heterocycles. The van der Waals surface area contributed by atoms with E-state index in [1.165, 1.54) is 0 Å². The molecule has 0 amide bonds. The van der Waals surface area contributed by atoms with Gasteiger partial charge in [0.1, 0.15) is 5.75 Å². The van der Waals surface area contributed by atoms with Crippen molar-refractivity contribution in [3.63, 3.8) is 0 Å². The van der Waals surface area contributed by atoms with Gasteiger partial charge in [0.2, 0.25) is 12.7 Å². The first kappa shape index (κ1) is 30.2. The first-order valence-electron chi connectivity index (χ1n) is 14.3. The number of hydrogen-bond acceptors (Lipinski definition) is 7. The van der Waals surface area contributed by atoms with Crippen LogP contribution in [0.1, 0.15) is 51.9 Å². The van der Waals surface area contributed by atoms with Gasteiger partial charge in [-0.2, -0.15) is 0 Å². The van der Waals surface area contributed by atoms with Gasteiger partial charge in [-0.25, -0.2) is 4.98 Å². The molecule has 0 spiro atoms. The van der Waals surface area contributed by atoms with Crippen LogP contribution in [0.4, 0.5) is 5.69 Å². The number of hydrogen-bond donors (Lipinski definition) is 0. The SMILES string of the molecule is CCCCCCC(=O)OCOc1ccc2ccc(OCCCCN3CCN(c4cccc(Cl)c4Cl)CC3)cc2n1. The van der Waals surface area contributed by atoms with Crippen molar-refractivity contribution in [2.24, 2.45) is 0 Å². The zero-order valence-corrected chi connectivity index (χ0v) is 24.8. The Morgan fingerprint density at radius 1 is 0.925 bits per heavy atom. The number of unbranched alkanes of at least 4 members (excludes halogenated alkanes) is 4. The smallest absolute Gasteiger partial charge is 0.308 e. The minimum Gasteiger partial charge on any atom is -0.494 e. The quantitative estimate of drug-likeness (QED) is 0.104. The Balaban J connectivity index is 1.14. The lowest BCUT2D eigenvalue weighted by atomic mass is 10.2. The average molecular weight is 589 g/mol. The van der Waals surface area contributed by atoms with Crippen LogP contribution < -0.4 is 14.4 Å². The first-order valence-corrected chi connectivity index (χ1v) is 15.0. The Labute approximate surface area is 247 Å². The van der Waals surface area contributed by atoms with Crippen molar-refractivity contribution < 1.29 is 19.0 Å². The topological polar surface area (TPSA) is 64.1 Å². The van der Waals surface area contributed by atoms with Crippen LogP contribution in [0.5, 0.6) is 11.6 Å². The van der Waals surface area contributed by atoms with Crippen LogP contribution in [0.3, 0.4) is 0 Å². The van der Waals surface area contributed by atoms with Crippen LogP contribution in [0.25, 0.3) is 10.9 Å². The van der Waals surface area contributed by atoms with Crippen molar-refractivity contribution in [3.8, 4) is 11.6 Å². The molecule has 2 aromatic carbocycles. The Morgan fingerprint density at radius 3 is 2.58 bits per heavy atom. The zero-order valence-electron chi connectivity index (χ0n) is 23.2. The maximum absolute atomic E-state index is 11.8. The number of ether oxygens (including phenoxy) is 3. The zero-order chi connectivity index (χ0) is 28.2. The molecule has 0 unspecified atom stereocenters. The van der Waals surface area contributed by atoms with Crippen molar-refractivity contribution >= 4 is 45.8 Å². The molecular formula is C31H39Cl2N3O4. The van der Waals surface area contributed by atoms with Crippen LogP contribution in [0.15, 0.2) is 48.5 Å². The third-order valence-corrected chi connectivity index (χ3v) is 7.89. The summed E-state index contributed by atoms with van der Waals surface area (Å²) in [7, 11) is 0. The van der Waals surface area contributed by atoms with E-state index >= 15 is 0 Å². The van der Waals surface area contributed by atoms with E-state index in [0.29, 0.717) is 29.0 Å². The molecule has 1 saturated heterocycles. The standard InChI is InChI=1S/C31H39Cl2N3O4/c1-2-3-4-5-11-30(37)40-23-39-29-15-13-24-12-14-25(22-27(24)34-29)38-21-7-6-16-35-17-19-36(20-18-35)28-10-8-9-26(32)31(28)33/h8-10,12-15,22H,2-7,11,16-21,23H2,1H3. The summed E-state index contributed by atoms with van der Waals surface area (Å²) in [5, 5.41) is 2.23. The van der Waals surface area contributed by atoms with Crippen LogP contribution >= 0.6 is 23.2 Å². The molecule has 7 nitrogen and oxygen atoms in total. The Bertz CT molecular complexity index is 1230. The molecular weight excluding hydrogens is 549 g/mol. The number of esters is 1. The molecule has 0 atom stereocenters. The molecule has 1 aromatic heterocycles. The third kappa shape index (κ3) is 9.15. The number of carbonyl (C=O) groups is 1. The second kappa shape index (κ2) is 15.9. The van der Waals surface area contributed by atoms with Crippen molar-refractivity contribution in [2.45, 2.75) is 51.9 Å². The Kier molecular flexibility index (Phi) is 12.0. The second-order valence-electron chi connectivity index (χ2n) is 10.1. The summed E-state index contributed by atoms with van der Waals surface area (Å²) in [5.74, 6) is 0.959. The molecule has 3 aromatic rings. The van der Waals surface area contributed by atoms with Gasteiger partial charge >= 0.3 is 5.97 Å². The summed E-state index contributed by atoms with van der Waals surface area (Å²) in [6.45, 7) is 7.58. The largest absolute Gasteiger partial charge is 0.494 e. The molecule has 216 valence electrons. The number of halogens is 2.